The van der Waals surface area contributed by atoms with Crippen LogP contribution in [0.2, 0.25) is 5.31 Å². The lowest BCUT2D eigenvalue weighted by molar-refractivity contribution is 0.272. The second kappa shape index (κ2) is 3.54. The summed E-state index contributed by atoms with van der Waals surface area (Å²) in [6.07, 6.45) is 1.19. The first kappa shape index (κ1) is 11.6. The molecule has 1 nitrogen and oxygen atoms in total. The molecule has 1 unspecified atom stereocenters. The van der Waals surface area contributed by atoms with Gasteiger partial charge in [0.25, 0.3) is 0 Å². The molecule has 0 spiro atoms. The van der Waals surface area contributed by atoms with Crippen molar-refractivity contribution >= 4 is 7.28 Å². The van der Waals surface area contributed by atoms with Gasteiger partial charge in [-0.2, -0.15) is 0 Å². The Labute approximate surface area is 99.1 Å². The van der Waals surface area contributed by atoms with Gasteiger partial charge in [0.2, 0.25) is 0 Å². The maximum atomic E-state index is 9.29. The van der Waals surface area contributed by atoms with Gasteiger partial charge in [-0.05, 0) is 29.8 Å². The quantitative estimate of drug-likeness (QED) is 0.707. The predicted octanol–water partition coefficient (Wildman–Crippen LogP) is 3.77. The van der Waals surface area contributed by atoms with Gasteiger partial charge in [0, 0.05) is 0 Å². The van der Waals surface area contributed by atoms with E-state index in [1.807, 2.05) is 12.1 Å². The number of aromatic hydroxyl groups is 1. The number of hydrogen-bond acceptors (Lipinski definition) is 1. The monoisotopic (exact) mass is 215 g/mol. The normalized spacial score (nSPS) is 26.4. The van der Waals surface area contributed by atoms with E-state index in [0.29, 0.717) is 17.0 Å². The molecular formula is C14H20BO. The van der Waals surface area contributed by atoms with Crippen molar-refractivity contribution in [3.63, 3.8) is 0 Å². The van der Waals surface area contributed by atoms with Crippen molar-refractivity contribution in [2.24, 2.45) is 5.41 Å². The van der Waals surface area contributed by atoms with Crippen LogP contribution in [0.5, 0.6) is 5.75 Å². The van der Waals surface area contributed by atoms with Gasteiger partial charge in [-0.15, -0.1) is 0 Å². The van der Waals surface area contributed by atoms with Gasteiger partial charge in [0.15, 0.2) is 0 Å². The highest BCUT2D eigenvalue weighted by molar-refractivity contribution is 6.43. The largest absolute Gasteiger partial charge is 0.508 e. The van der Waals surface area contributed by atoms with Gasteiger partial charge < -0.3 is 5.11 Å². The SMILES string of the molecule is CC1(C)[B]C(c2ccc(O)cc2)CC1(C)C. The maximum Gasteiger partial charge on any atom is 0.127 e. The third-order valence-electron chi connectivity index (χ3n) is 4.41. The summed E-state index contributed by atoms with van der Waals surface area (Å²) >= 11 is 0. The first-order chi connectivity index (χ1) is 7.32. The average molecular weight is 215 g/mol. The topological polar surface area (TPSA) is 20.2 Å². The molecule has 1 aromatic rings. The highest BCUT2D eigenvalue weighted by Gasteiger charge is 2.47. The summed E-state index contributed by atoms with van der Waals surface area (Å²) < 4.78 is 0. The van der Waals surface area contributed by atoms with Crippen molar-refractivity contribution in [1.82, 2.24) is 0 Å². The van der Waals surface area contributed by atoms with Crippen LogP contribution in [-0.4, -0.2) is 12.4 Å². The van der Waals surface area contributed by atoms with E-state index in [0.717, 1.165) is 0 Å². The molecule has 0 aliphatic carbocycles. The summed E-state index contributed by atoms with van der Waals surface area (Å²) in [7, 11) is 2.46. The van der Waals surface area contributed by atoms with E-state index in [9.17, 15) is 5.11 Å². The fraction of sp³-hybridized carbons (Fsp3) is 0.571. The lowest BCUT2D eigenvalue weighted by Crippen LogP contribution is -2.23. The van der Waals surface area contributed by atoms with Crippen LogP contribution >= 0.6 is 0 Å². The van der Waals surface area contributed by atoms with Gasteiger partial charge in [0.1, 0.15) is 13.0 Å². The van der Waals surface area contributed by atoms with E-state index in [1.165, 1.54) is 12.0 Å². The predicted molar refractivity (Wildman–Crippen MR) is 69.0 cm³/mol. The maximum absolute atomic E-state index is 9.29. The van der Waals surface area contributed by atoms with Gasteiger partial charge in [0.05, 0.1) is 0 Å². The smallest absolute Gasteiger partial charge is 0.127 e. The van der Waals surface area contributed by atoms with E-state index in [4.69, 9.17) is 0 Å². The number of phenols is 1. The van der Waals surface area contributed by atoms with Crippen molar-refractivity contribution in [3.05, 3.63) is 29.8 Å². The van der Waals surface area contributed by atoms with E-state index in [-0.39, 0.29) is 5.31 Å². The molecule has 0 bridgehead atoms. The minimum absolute atomic E-state index is 0.273. The van der Waals surface area contributed by atoms with E-state index >= 15 is 0 Å². The number of benzene rings is 1. The minimum Gasteiger partial charge on any atom is -0.508 e. The third-order valence-corrected chi connectivity index (χ3v) is 4.41. The highest BCUT2D eigenvalue weighted by Crippen LogP contribution is 2.57. The molecule has 1 aromatic carbocycles. The molecule has 0 amide bonds. The van der Waals surface area contributed by atoms with Crippen LogP contribution in [-0.2, 0) is 0 Å². The molecule has 1 N–H and O–H groups in total. The van der Waals surface area contributed by atoms with Crippen LogP contribution in [0.3, 0.4) is 0 Å². The third kappa shape index (κ3) is 1.86. The lowest BCUT2D eigenvalue weighted by atomic mass is 9.47. The molecule has 0 saturated carbocycles. The zero-order chi connectivity index (χ0) is 12.0. The van der Waals surface area contributed by atoms with Crippen LogP contribution in [0, 0.1) is 5.41 Å². The molecule has 1 fully saturated rings. The Bertz CT molecular complexity index is 362. The molecule has 1 heterocycles. The molecule has 2 rings (SSSR count). The minimum atomic E-state index is 0.273. The Morgan fingerprint density at radius 2 is 1.69 bits per heavy atom. The van der Waals surface area contributed by atoms with Crippen LogP contribution in [0.4, 0.5) is 0 Å². The summed E-state index contributed by atoms with van der Waals surface area (Å²) in [6.45, 7) is 9.30. The van der Waals surface area contributed by atoms with Gasteiger partial charge >= 0.3 is 0 Å². The van der Waals surface area contributed by atoms with E-state index < -0.39 is 0 Å². The van der Waals surface area contributed by atoms with Crippen LogP contribution < -0.4 is 0 Å². The van der Waals surface area contributed by atoms with Crippen molar-refractivity contribution in [2.45, 2.75) is 45.2 Å². The Balaban J connectivity index is 2.23. The standard InChI is InChI=1S/C14H20BO/c1-13(2)9-12(15-14(13,3)4)10-5-7-11(16)8-6-10/h5-8,12,16H,9H2,1-4H3. The Morgan fingerprint density at radius 1 is 1.12 bits per heavy atom. The van der Waals surface area contributed by atoms with Crippen molar-refractivity contribution < 1.29 is 5.11 Å². The summed E-state index contributed by atoms with van der Waals surface area (Å²) in [6, 6.07) is 7.63. The zero-order valence-electron chi connectivity index (χ0n) is 10.6. The average Bonchev–Trinajstić information content (AvgIpc) is 2.37. The lowest BCUT2D eigenvalue weighted by Gasteiger charge is -2.34. The molecule has 0 aromatic heterocycles. The van der Waals surface area contributed by atoms with E-state index in [1.54, 1.807) is 12.1 Å². The van der Waals surface area contributed by atoms with Crippen molar-refractivity contribution in [3.8, 4) is 5.75 Å². The molecular weight excluding hydrogens is 195 g/mol. The molecule has 85 valence electrons. The van der Waals surface area contributed by atoms with E-state index in [2.05, 4.69) is 35.0 Å². The molecule has 16 heavy (non-hydrogen) atoms. The Hall–Kier alpha value is -0.915. The second-order valence-corrected chi connectivity index (χ2v) is 6.17. The molecule has 1 atom stereocenters. The molecule has 1 aliphatic heterocycles. The number of rotatable bonds is 1. The van der Waals surface area contributed by atoms with Crippen LogP contribution in [0.15, 0.2) is 24.3 Å². The fourth-order valence-electron chi connectivity index (χ4n) is 2.54. The Kier molecular flexibility index (Phi) is 2.56. The summed E-state index contributed by atoms with van der Waals surface area (Å²) in [5.41, 5.74) is 1.66. The molecule has 1 saturated heterocycles. The first-order valence-electron chi connectivity index (χ1n) is 5.97. The first-order valence-corrected chi connectivity index (χ1v) is 5.97. The van der Waals surface area contributed by atoms with Crippen molar-refractivity contribution in [1.29, 1.82) is 0 Å². The van der Waals surface area contributed by atoms with Crippen molar-refractivity contribution in [2.75, 3.05) is 0 Å². The highest BCUT2D eigenvalue weighted by atomic mass is 16.3. The summed E-state index contributed by atoms with van der Waals surface area (Å²) in [5, 5.41) is 9.57. The molecule has 1 radical (unpaired) electrons. The summed E-state index contributed by atoms with van der Waals surface area (Å²) in [5.74, 6) is 0.867. The zero-order valence-corrected chi connectivity index (χ0v) is 10.6. The molecule has 1 aliphatic rings. The Morgan fingerprint density at radius 3 is 2.12 bits per heavy atom. The van der Waals surface area contributed by atoms with Crippen LogP contribution in [0.1, 0.15) is 45.5 Å². The van der Waals surface area contributed by atoms with Crippen LogP contribution in [0.25, 0.3) is 0 Å². The van der Waals surface area contributed by atoms with Gasteiger partial charge in [-0.25, -0.2) is 0 Å². The number of hydrogen-bond donors (Lipinski definition) is 1. The summed E-state index contributed by atoms with van der Waals surface area (Å²) in [4.78, 5) is 0. The molecule has 2 heteroatoms. The number of phenolic OH excluding ortho intramolecular Hbond substituents is 1. The van der Waals surface area contributed by atoms with Gasteiger partial charge in [-0.1, -0.05) is 50.7 Å². The second-order valence-electron chi connectivity index (χ2n) is 6.17. The van der Waals surface area contributed by atoms with Gasteiger partial charge in [-0.3, -0.25) is 0 Å². The fourth-order valence-corrected chi connectivity index (χ4v) is 2.54.